The van der Waals surface area contributed by atoms with E-state index in [1.165, 1.54) is 11.3 Å². The Morgan fingerprint density at radius 1 is 1.22 bits per heavy atom. The van der Waals surface area contributed by atoms with Gasteiger partial charge in [0.15, 0.2) is 0 Å². The first-order valence-electron chi connectivity index (χ1n) is 7.11. The first kappa shape index (κ1) is 15.8. The molecular weight excluding hydrogens is 330 g/mol. The second-order valence-corrected chi connectivity index (χ2v) is 6.81. The third-order valence-electron chi connectivity index (χ3n) is 4.00. The van der Waals surface area contributed by atoms with Gasteiger partial charge < -0.3 is 11.1 Å². The van der Waals surface area contributed by atoms with E-state index in [1.54, 1.807) is 12.1 Å². The highest BCUT2D eigenvalue weighted by Gasteiger charge is 2.20. The summed E-state index contributed by atoms with van der Waals surface area (Å²) in [5.74, 6) is -0.270. The minimum Gasteiger partial charge on any atom is -0.397 e. The molecule has 118 valence electrons. The van der Waals surface area contributed by atoms with Crippen molar-refractivity contribution >= 4 is 50.4 Å². The number of fused-ring (bicyclic) bond motifs is 1. The van der Waals surface area contributed by atoms with E-state index in [1.807, 2.05) is 32.9 Å². The van der Waals surface area contributed by atoms with Crippen LogP contribution < -0.4 is 11.1 Å². The second-order valence-electron chi connectivity index (χ2n) is 5.41. The van der Waals surface area contributed by atoms with Gasteiger partial charge in [-0.3, -0.25) is 4.79 Å². The van der Waals surface area contributed by atoms with Crippen LogP contribution in [-0.2, 0) is 0 Å². The summed E-state index contributed by atoms with van der Waals surface area (Å²) < 4.78 is 0. The van der Waals surface area contributed by atoms with Crippen molar-refractivity contribution in [3.05, 3.63) is 51.0 Å². The molecule has 0 saturated heterocycles. The van der Waals surface area contributed by atoms with Crippen LogP contribution in [0.25, 0.3) is 10.2 Å². The Morgan fingerprint density at radius 2 is 1.91 bits per heavy atom. The summed E-state index contributed by atoms with van der Waals surface area (Å²) in [6, 6.07) is 7.10. The molecule has 0 spiro atoms. The van der Waals surface area contributed by atoms with Crippen LogP contribution in [0.4, 0.5) is 11.4 Å². The molecule has 3 N–H and O–H groups in total. The molecule has 0 fully saturated rings. The van der Waals surface area contributed by atoms with Gasteiger partial charge in [0.1, 0.15) is 9.71 Å². The van der Waals surface area contributed by atoms with E-state index in [0.717, 1.165) is 27.0 Å². The van der Waals surface area contributed by atoms with E-state index in [9.17, 15) is 4.79 Å². The summed E-state index contributed by atoms with van der Waals surface area (Å²) in [4.78, 5) is 18.4. The predicted octanol–water partition coefficient (Wildman–Crippen LogP) is 4.71. The second kappa shape index (κ2) is 5.83. The number of rotatable bonds is 2. The standard InChI is InChI=1S/C17H16ClN3OS/c1-8-9(2)13-14(19)15(23-17(13)20-10(8)3)16(22)21-12-7-5-4-6-11(12)18/h4-7H,19H2,1-3H3,(H,21,22). The number of halogens is 1. The molecule has 4 nitrogen and oxygen atoms in total. The molecule has 0 aliphatic heterocycles. The number of anilines is 2. The molecule has 0 bridgehead atoms. The molecule has 6 heteroatoms. The van der Waals surface area contributed by atoms with Crippen molar-refractivity contribution in [3.63, 3.8) is 0 Å². The Kier molecular flexibility index (Phi) is 4.00. The maximum atomic E-state index is 12.6. The molecule has 23 heavy (non-hydrogen) atoms. The number of nitrogens with two attached hydrogens (primary N) is 1. The van der Waals surface area contributed by atoms with Crippen LogP contribution in [0, 0.1) is 20.8 Å². The molecule has 0 aliphatic rings. The normalized spacial score (nSPS) is 11.0. The Bertz CT molecular complexity index is 933. The Morgan fingerprint density at radius 3 is 2.61 bits per heavy atom. The minimum absolute atomic E-state index is 0.270. The number of aryl methyl sites for hydroxylation is 2. The number of hydrogen-bond donors (Lipinski definition) is 2. The van der Waals surface area contributed by atoms with Crippen molar-refractivity contribution in [3.8, 4) is 0 Å². The number of aromatic nitrogens is 1. The lowest BCUT2D eigenvalue weighted by Gasteiger charge is -2.07. The van der Waals surface area contributed by atoms with Gasteiger partial charge in [0.25, 0.3) is 5.91 Å². The molecule has 0 saturated carbocycles. The van der Waals surface area contributed by atoms with Crippen LogP contribution in [-0.4, -0.2) is 10.9 Å². The zero-order valence-corrected chi connectivity index (χ0v) is 14.6. The zero-order chi connectivity index (χ0) is 16.7. The average Bonchev–Trinajstić information content (AvgIpc) is 2.84. The van der Waals surface area contributed by atoms with Crippen molar-refractivity contribution in [2.24, 2.45) is 0 Å². The molecule has 0 radical (unpaired) electrons. The number of para-hydroxylation sites is 1. The number of nitrogens with zero attached hydrogens (tertiary/aromatic N) is 1. The minimum atomic E-state index is -0.270. The smallest absolute Gasteiger partial charge is 0.267 e. The molecule has 2 heterocycles. The number of amides is 1. The SMILES string of the molecule is Cc1nc2sc(C(=O)Nc3ccccc3Cl)c(N)c2c(C)c1C. The van der Waals surface area contributed by atoms with Gasteiger partial charge in [-0.2, -0.15) is 0 Å². The number of nitrogen functional groups attached to an aromatic ring is 1. The number of hydrogen-bond acceptors (Lipinski definition) is 4. The topological polar surface area (TPSA) is 68.0 Å². The maximum Gasteiger partial charge on any atom is 0.267 e. The van der Waals surface area contributed by atoms with E-state index in [4.69, 9.17) is 17.3 Å². The fourth-order valence-corrected chi connectivity index (χ4v) is 3.76. The van der Waals surface area contributed by atoms with E-state index in [0.29, 0.717) is 21.3 Å². The lowest BCUT2D eigenvalue weighted by Crippen LogP contribution is -2.12. The van der Waals surface area contributed by atoms with E-state index < -0.39 is 0 Å². The van der Waals surface area contributed by atoms with Crippen LogP contribution >= 0.6 is 22.9 Å². The lowest BCUT2D eigenvalue weighted by molar-refractivity contribution is 0.103. The van der Waals surface area contributed by atoms with Gasteiger partial charge in [0, 0.05) is 11.1 Å². The number of carbonyl (C=O) groups excluding carboxylic acids is 1. The van der Waals surface area contributed by atoms with Gasteiger partial charge in [-0.1, -0.05) is 23.7 Å². The van der Waals surface area contributed by atoms with Crippen LogP contribution in [0.15, 0.2) is 24.3 Å². The molecule has 1 amide bonds. The highest BCUT2D eigenvalue weighted by Crippen LogP contribution is 2.37. The highest BCUT2D eigenvalue weighted by atomic mass is 35.5. The molecule has 3 aromatic rings. The molecule has 3 rings (SSSR count). The first-order valence-corrected chi connectivity index (χ1v) is 8.31. The molecule has 0 aliphatic carbocycles. The van der Waals surface area contributed by atoms with Crippen LogP contribution in [0.2, 0.25) is 5.02 Å². The van der Waals surface area contributed by atoms with E-state index in [-0.39, 0.29) is 5.91 Å². The van der Waals surface area contributed by atoms with Crippen molar-refractivity contribution in [2.45, 2.75) is 20.8 Å². The molecule has 2 aromatic heterocycles. The third-order valence-corrected chi connectivity index (χ3v) is 5.43. The summed E-state index contributed by atoms with van der Waals surface area (Å²) in [5.41, 5.74) is 10.4. The Hall–Kier alpha value is -2.11. The number of nitrogens with one attached hydrogen (secondary N) is 1. The van der Waals surface area contributed by atoms with Crippen molar-refractivity contribution in [1.29, 1.82) is 0 Å². The number of benzene rings is 1. The van der Waals surface area contributed by atoms with Crippen LogP contribution in [0.3, 0.4) is 0 Å². The van der Waals surface area contributed by atoms with Gasteiger partial charge in [0.2, 0.25) is 0 Å². The van der Waals surface area contributed by atoms with Crippen LogP contribution in [0.1, 0.15) is 26.5 Å². The molecule has 0 unspecified atom stereocenters. The van der Waals surface area contributed by atoms with Gasteiger partial charge >= 0.3 is 0 Å². The monoisotopic (exact) mass is 345 g/mol. The number of carbonyl (C=O) groups is 1. The van der Waals surface area contributed by atoms with Gasteiger partial charge in [-0.15, -0.1) is 11.3 Å². The zero-order valence-electron chi connectivity index (χ0n) is 13.0. The molecule has 1 aromatic carbocycles. The quantitative estimate of drug-likeness (QED) is 0.706. The maximum absolute atomic E-state index is 12.6. The Balaban J connectivity index is 2.07. The summed E-state index contributed by atoms with van der Waals surface area (Å²) in [5, 5.41) is 4.16. The fourth-order valence-electron chi connectivity index (χ4n) is 2.48. The first-order chi connectivity index (χ1) is 10.9. The lowest BCUT2D eigenvalue weighted by atomic mass is 10.1. The van der Waals surface area contributed by atoms with Crippen LogP contribution in [0.5, 0.6) is 0 Å². The summed E-state index contributed by atoms with van der Waals surface area (Å²) >= 11 is 7.39. The van der Waals surface area contributed by atoms with E-state index >= 15 is 0 Å². The number of pyridine rings is 1. The van der Waals surface area contributed by atoms with Crippen molar-refractivity contribution < 1.29 is 4.79 Å². The average molecular weight is 346 g/mol. The highest BCUT2D eigenvalue weighted by molar-refractivity contribution is 7.21. The predicted molar refractivity (Wildman–Crippen MR) is 97.6 cm³/mol. The van der Waals surface area contributed by atoms with Gasteiger partial charge in [-0.05, 0) is 44.0 Å². The molecular formula is C17H16ClN3OS. The summed E-state index contributed by atoms with van der Waals surface area (Å²) in [6.45, 7) is 5.98. The van der Waals surface area contributed by atoms with Crippen molar-refractivity contribution in [1.82, 2.24) is 4.98 Å². The fraction of sp³-hybridized carbons (Fsp3) is 0.176. The summed E-state index contributed by atoms with van der Waals surface area (Å²) in [7, 11) is 0. The van der Waals surface area contributed by atoms with Gasteiger partial charge in [0.05, 0.1) is 16.4 Å². The summed E-state index contributed by atoms with van der Waals surface area (Å²) in [6.07, 6.45) is 0. The van der Waals surface area contributed by atoms with Crippen molar-refractivity contribution in [2.75, 3.05) is 11.1 Å². The molecule has 0 atom stereocenters. The van der Waals surface area contributed by atoms with E-state index in [2.05, 4.69) is 10.3 Å². The Labute approximate surface area is 143 Å². The third kappa shape index (κ3) is 2.66. The largest absolute Gasteiger partial charge is 0.397 e. The number of thiophene rings is 1. The van der Waals surface area contributed by atoms with Gasteiger partial charge in [-0.25, -0.2) is 4.98 Å².